The molecule has 0 saturated heterocycles. The third-order valence-corrected chi connectivity index (χ3v) is 6.50. The van der Waals surface area contributed by atoms with Crippen LogP contribution in [0.15, 0.2) is 0 Å². The Morgan fingerprint density at radius 3 is 1.85 bits per heavy atom. The van der Waals surface area contributed by atoms with E-state index in [2.05, 4.69) is 16.0 Å². The standard InChI is InChI=1S/C22H40N4O7S/c1-6-12(3)17(23)20(30)26-18(13(4)7-2)21(31)24-14(8-9-16(27)28)19(29)25-15(22(32)33)10-11-34-5/h12-15,17-18H,6-11,23H2,1-5H3,(H,24,31)(H,25,29)(H,26,30)(H,27,28)(H,32,33). The van der Waals surface area contributed by atoms with Crippen molar-refractivity contribution in [2.45, 2.75) is 84.0 Å². The SMILES string of the molecule is CCC(C)C(N)C(=O)NC(C(=O)NC(CCC(=O)O)C(=O)NC(CCSC)C(=O)O)C(C)CC. The monoisotopic (exact) mass is 504 g/mol. The van der Waals surface area contributed by atoms with Gasteiger partial charge >= 0.3 is 11.9 Å². The van der Waals surface area contributed by atoms with Crippen LogP contribution in [0.2, 0.25) is 0 Å². The van der Waals surface area contributed by atoms with Gasteiger partial charge in [-0.3, -0.25) is 19.2 Å². The van der Waals surface area contributed by atoms with Crippen LogP contribution in [-0.2, 0) is 24.0 Å². The number of thioether (sulfide) groups is 1. The second kappa shape index (κ2) is 16.3. The molecule has 0 aromatic rings. The number of nitrogens with two attached hydrogens (primary N) is 1. The zero-order chi connectivity index (χ0) is 26.4. The maximum absolute atomic E-state index is 13.1. The molecule has 0 aromatic carbocycles. The van der Waals surface area contributed by atoms with Gasteiger partial charge in [0.25, 0.3) is 0 Å². The molecule has 0 bridgehead atoms. The summed E-state index contributed by atoms with van der Waals surface area (Å²) in [6, 6.07) is -4.28. The second-order valence-corrected chi connectivity index (χ2v) is 9.44. The molecule has 6 atom stereocenters. The van der Waals surface area contributed by atoms with E-state index in [1.54, 1.807) is 13.2 Å². The molecule has 3 amide bonds. The van der Waals surface area contributed by atoms with E-state index >= 15 is 0 Å². The summed E-state index contributed by atoms with van der Waals surface area (Å²) in [6.45, 7) is 7.31. The molecule has 0 aromatic heterocycles. The molecule has 11 nitrogen and oxygen atoms in total. The number of carboxylic acid groups (broad SMARTS) is 2. The lowest BCUT2D eigenvalue weighted by Crippen LogP contribution is -2.59. The smallest absolute Gasteiger partial charge is 0.326 e. The first kappa shape index (κ1) is 31.7. The summed E-state index contributed by atoms with van der Waals surface area (Å²) in [6.07, 6.45) is 2.52. The van der Waals surface area contributed by atoms with Gasteiger partial charge in [-0.1, -0.05) is 40.5 Å². The molecule has 0 rings (SSSR count). The molecule has 0 radical (unpaired) electrons. The molecule has 6 unspecified atom stereocenters. The normalized spacial score (nSPS) is 16.3. The minimum atomic E-state index is -1.29. The molecule has 0 heterocycles. The zero-order valence-corrected chi connectivity index (χ0v) is 21.4. The van der Waals surface area contributed by atoms with Crippen LogP contribution < -0.4 is 21.7 Å². The fourth-order valence-corrected chi connectivity index (χ4v) is 3.50. The van der Waals surface area contributed by atoms with E-state index in [9.17, 15) is 29.1 Å². The van der Waals surface area contributed by atoms with Gasteiger partial charge in [-0.2, -0.15) is 11.8 Å². The lowest BCUT2D eigenvalue weighted by Gasteiger charge is -2.28. The molecular formula is C22H40N4O7S. The van der Waals surface area contributed by atoms with E-state index in [0.29, 0.717) is 18.6 Å². The number of hydrogen-bond acceptors (Lipinski definition) is 7. The molecule has 0 spiro atoms. The molecular weight excluding hydrogens is 464 g/mol. The van der Waals surface area contributed by atoms with E-state index in [-0.39, 0.29) is 24.7 Å². The van der Waals surface area contributed by atoms with Crippen LogP contribution in [0.4, 0.5) is 0 Å². The molecule has 7 N–H and O–H groups in total. The minimum absolute atomic E-state index is 0.107. The highest BCUT2D eigenvalue weighted by atomic mass is 32.2. The maximum atomic E-state index is 13.1. The zero-order valence-electron chi connectivity index (χ0n) is 20.6. The van der Waals surface area contributed by atoms with Gasteiger partial charge in [0.1, 0.15) is 18.1 Å². The molecule has 0 aliphatic heterocycles. The van der Waals surface area contributed by atoms with Crippen molar-refractivity contribution in [3.05, 3.63) is 0 Å². The lowest BCUT2D eigenvalue weighted by atomic mass is 9.95. The second-order valence-electron chi connectivity index (χ2n) is 8.46. The number of rotatable bonds is 17. The van der Waals surface area contributed by atoms with E-state index in [1.165, 1.54) is 11.8 Å². The summed E-state index contributed by atoms with van der Waals surface area (Å²) in [7, 11) is 0. The van der Waals surface area contributed by atoms with Crippen LogP contribution in [0, 0.1) is 11.8 Å². The molecule has 196 valence electrons. The average Bonchev–Trinajstić information content (AvgIpc) is 2.80. The third kappa shape index (κ3) is 11.2. The van der Waals surface area contributed by atoms with Crippen LogP contribution in [0.1, 0.15) is 59.8 Å². The van der Waals surface area contributed by atoms with Crippen LogP contribution in [0.5, 0.6) is 0 Å². The molecule has 0 fully saturated rings. The first-order valence-corrected chi connectivity index (χ1v) is 12.9. The summed E-state index contributed by atoms with van der Waals surface area (Å²) < 4.78 is 0. The fraction of sp³-hybridized carbons (Fsp3) is 0.773. The number of nitrogens with one attached hydrogen (secondary N) is 3. The topological polar surface area (TPSA) is 188 Å². The van der Waals surface area contributed by atoms with Crippen molar-refractivity contribution in [3.8, 4) is 0 Å². The highest BCUT2D eigenvalue weighted by Gasteiger charge is 2.33. The Kier molecular flexibility index (Phi) is 15.2. The summed E-state index contributed by atoms with van der Waals surface area (Å²) in [5.74, 6) is -4.28. The maximum Gasteiger partial charge on any atom is 0.326 e. The molecule has 0 aliphatic rings. The lowest BCUT2D eigenvalue weighted by molar-refractivity contribution is -0.143. The Hall–Kier alpha value is -2.34. The van der Waals surface area contributed by atoms with Crippen molar-refractivity contribution >= 4 is 41.4 Å². The number of carboxylic acids is 2. The summed E-state index contributed by atoms with van der Waals surface area (Å²) in [5.41, 5.74) is 5.98. The highest BCUT2D eigenvalue weighted by molar-refractivity contribution is 7.98. The summed E-state index contributed by atoms with van der Waals surface area (Å²) >= 11 is 1.42. The van der Waals surface area contributed by atoms with Crippen LogP contribution in [0.25, 0.3) is 0 Å². The summed E-state index contributed by atoms with van der Waals surface area (Å²) in [4.78, 5) is 61.0. The fourth-order valence-electron chi connectivity index (χ4n) is 3.03. The number of aliphatic carboxylic acids is 2. The largest absolute Gasteiger partial charge is 0.481 e. The van der Waals surface area contributed by atoms with Gasteiger partial charge in [0, 0.05) is 6.42 Å². The molecule has 34 heavy (non-hydrogen) atoms. The van der Waals surface area contributed by atoms with Crippen molar-refractivity contribution in [2.24, 2.45) is 17.6 Å². The van der Waals surface area contributed by atoms with Crippen molar-refractivity contribution in [1.82, 2.24) is 16.0 Å². The van der Waals surface area contributed by atoms with Gasteiger partial charge in [0.05, 0.1) is 6.04 Å². The summed E-state index contributed by atoms with van der Waals surface area (Å²) in [5, 5.41) is 26.0. The minimum Gasteiger partial charge on any atom is -0.481 e. The number of carbonyl (C=O) groups is 5. The van der Waals surface area contributed by atoms with Crippen LogP contribution in [-0.4, -0.2) is 76.0 Å². The number of carbonyl (C=O) groups excluding carboxylic acids is 3. The Bertz CT molecular complexity index is 707. The molecule has 12 heteroatoms. The Morgan fingerprint density at radius 1 is 0.824 bits per heavy atom. The Morgan fingerprint density at radius 2 is 1.38 bits per heavy atom. The highest BCUT2D eigenvalue weighted by Crippen LogP contribution is 2.12. The van der Waals surface area contributed by atoms with Gasteiger partial charge < -0.3 is 31.9 Å². The van der Waals surface area contributed by atoms with Gasteiger partial charge in [0.2, 0.25) is 17.7 Å². The number of amides is 3. The van der Waals surface area contributed by atoms with Crippen molar-refractivity contribution in [1.29, 1.82) is 0 Å². The quantitative estimate of drug-likeness (QED) is 0.164. The van der Waals surface area contributed by atoms with Crippen molar-refractivity contribution in [2.75, 3.05) is 12.0 Å². The van der Waals surface area contributed by atoms with Gasteiger partial charge in [-0.05, 0) is 36.7 Å². The van der Waals surface area contributed by atoms with Gasteiger partial charge in [-0.15, -0.1) is 0 Å². The predicted molar refractivity (Wildman–Crippen MR) is 130 cm³/mol. The molecule has 0 saturated carbocycles. The van der Waals surface area contributed by atoms with Crippen molar-refractivity contribution < 1.29 is 34.2 Å². The van der Waals surface area contributed by atoms with Crippen molar-refractivity contribution in [3.63, 3.8) is 0 Å². The van der Waals surface area contributed by atoms with E-state index in [0.717, 1.165) is 0 Å². The third-order valence-electron chi connectivity index (χ3n) is 5.86. The molecule has 0 aliphatic carbocycles. The van der Waals surface area contributed by atoms with Crippen LogP contribution >= 0.6 is 11.8 Å². The van der Waals surface area contributed by atoms with Gasteiger partial charge in [0.15, 0.2) is 0 Å². The van der Waals surface area contributed by atoms with Crippen LogP contribution in [0.3, 0.4) is 0 Å². The Labute approximate surface area is 205 Å². The number of hydrogen-bond donors (Lipinski definition) is 6. The first-order valence-electron chi connectivity index (χ1n) is 11.5. The predicted octanol–water partition coefficient (Wildman–Crippen LogP) is 0.563. The van der Waals surface area contributed by atoms with Gasteiger partial charge in [-0.25, -0.2) is 4.79 Å². The average molecular weight is 505 g/mol. The first-order chi connectivity index (χ1) is 15.9. The van der Waals surface area contributed by atoms with E-state index < -0.39 is 60.2 Å². The van der Waals surface area contributed by atoms with E-state index in [1.807, 2.05) is 20.8 Å². The Balaban J connectivity index is 5.62. The van der Waals surface area contributed by atoms with E-state index in [4.69, 9.17) is 10.8 Å².